The van der Waals surface area contributed by atoms with E-state index in [2.05, 4.69) is 20.9 Å². The number of pyridine rings is 1. The molecule has 0 aromatic carbocycles. The first-order valence-electron chi connectivity index (χ1n) is 8.44. The number of carbonyl (C=O) groups excluding carboxylic acids is 2. The Kier molecular flexibility index (Phi) is 5.69. The zero-order valence-electron chi connectivity index (χ0n) is 15.3. The molecule has 0 saturated carbocycles. The molecular formula is C18H16F3N5O2S. The lowest BCUT2D eigenvalue weighted by atomic mass is 10.1. The van der Waals surface area contributed by atoms with Crippen LogP contribution < -0.4 is 10.9 Å². The number of halogens is 3. The van der Waals surface area contributed by atoms with Crippen LogP contribution >= 0.6 is 11.3 Å². The Morgan fingerprint density at radius 2 is 1.83 bits per heavy atom. The molecule has 0 spiro atoms. The normalized spacial score (nSPS) is 11.5. The second kappa shape index (κ2) is 8.03. The molecule has 29 heavy (non-hydrogen) atoms. The van der Waals surface area contributed by atoms with E-state index in [4.69, 9.17) is 0 Å². The van der Waals surface area contributed by atoms with Gasteiger partial charge < -0.3 is 0 Å². The number of thiophene rings is 1. The highest BCUT2D eigenvalue weighted by Gasteiger charge is 2.31. The van der Waals surface area contributed by atoms with Crippen LogP contribution in [-0.4, -0.2) is 26.6 Å². The molecule has 0 atom stereocenters. The molecule has 2 amide bonds. The van der Waals surface area contributed by atoms with Gasteiger partial charge in [-0.15, -0.1) is 11.3 Å². The molecule has 0 saturated heterocycles. The van der Waals surface area contributed by atoms with Gasteiger partial charge in [-0.1, -0.05) is 19.9 Å². The highest BCUT2D eigenvalue weighted by atomic mass is 32.1. The fourth-order valence-corrected chi connectivity index (χ4v) is 3.22. The molecule has 3 aromatic heterocycles. The summed E-state index contributed by atoms with van der Waals surface area (Å²) in [6.07, 6.45) is -2.51. The Morgan fingerprint density at radius 3 is 2.38 bits per heavy atom. The van der Waals surface area contributed by atoms with Crippen molar-refractivity contribution in [3.8, 4) is 5.82 Å². The van der Waals surface area contributed by atoms with E-state index < -0.39 is 23.6 Å². The number of aromatic nitrogens is 3. The lowest BCUT2D eigenvalue weighted by Gasteiger charge is -2.13. The summed E-state index contributed by atoms with van der Waals surface area (Å²) in [7, 11) is 0. The second-order valence-corrected chi connectivity index (χ2v) is 7.25. The zero-order chi connectivity index (χ0) is 21.2. The van der Waals surface area contributed by atoms with Gasteiger partial charge in [0.1, 0.15) is 0 Å². The molecule has 7 nitrogen and oxygen atoms in total. The van der Waals surface area contributed by atoms with E-state index in [0.717, 1.165) is 6.07 Å². The van der Waals surface area contributed by atoms with Crippen molar-refractivity contribution in [2.75, 3.05) is 0 Å². The zero-order valence-corrected chi connectivity index (χ0v) is 16.1. The number of nitrogens with zero attached hydrogens (tertiary/aromatic N) is 3. The maximum Gasteiger partial charge on any atom is 0.417 e. The third-order valence-corrected chi connectivity index (χ3v) is 4.79. The minimum absolute atomic E-state index is 0.142. The Balaban J connectivity index is 1.83. The molecule has 0 unspecified atom stereocenters. The molecule has 0 aliphatic rings. The average Bonchev–Trinajstić information content (AvgIpc) is 3.35. The number of rotatable bonds is 4. The Hall–Kier alpha value is -3.21. The van der Waals surface area contributed by atoms with Gasteiger partial charge >= 0.3 is 6.18 Å². The largest absolute Gasteiger partial charge is 0.417 e. The number of hydrogen-bond acceptors (Lipinski definition) is 5. The third-order valence-electron chi connectivity index (χ3n) is 3.92. The number of amides is 2. The van der Waals surface area contributed by atoms with E-state index in [9.17, 15) is 22.8 Å². The van der Waals surface area contributed by atoms with Crippen LogP contribution in [-0.2, 0) is 6.18 Å². The summed E-state index contributed by atoms with van der Waals surface area (Å²) in [5, 5.41) is 5.83. The van der Waals surface area contributed by atoms with Crippen LogP contribution in [0.25, 0.3) is 5.82 Å². The molecule has 0 aliphatic heterocycles. The molecular weight excluding hydrogens is 407 g/mol. The summed E-state index contributed by atoms with van der Waals surface area (Å²) in [6, 6.07) is 5.40. The number of hydrazine groups is 1. The van der Waals surface area contributed by atoms with Crippen molar-refractivity contribution in [3.05, 3.63) is 63.7 Å². The van der Waals surface area contributed by atoms with Crippen LogP contribution in [0, 0.1) is 0 Å². The SMILES string of the molecule is CC(C)c1c(C(=O)NNC(=O)c2cccs2)cnn1-c1ccc(C(F)(F)F)cn1. The minimum atomic E-state index is -4.50. The smallest absolute Gasteiger partial charge is 0.267 e. The maximum absolute atomic E-state index is 12.7. The summed E-state index contributed by atoms with van der Waals surface area (Å²) < 4.78 is 39.5. The molecule has 11 heteroatoms. The average molecular weight is 423 g/mol. The summed E-state index contributed by atoms with van der Waals surface area (Å²) in [4.78, 5) is 28.7. The van der Waals surface area contributed by atoms with Crippen molar-refractivity contribution < 1.29 is 22.8 Å². The molecule has 3 heterocycles. The van der Waals surface area contributed by atoms with Gasteiger partial charge in [0.05, 0.1) is 27.9 Å². The lowest BCUT2D eigenvalue weighted by Crippen LogP contribution is -2.41. The van der Waals surface area contributed by atoms with Gasteiger partial charge in [0.25, 0.3) is 11.8 Å². The van der Waals surface area contributed by atoms with E-state index in [1.165, 1.54) is 28.3 Å². The van der Waals surface area contributed by atoms with Crippen molar-refractivity contribution in [1.29, 1.82) is 0 Å². The van der Waals surface area contributed by atoms with Gasteiger partial charge in [-0.05, 0) is 29.5 Å². The van der Waals surface area contributed by atoms with Gasteiger partial charge in [0, 0.05) is 6.20 Å². The number of carbonyl (C=O) groups is 2. The van der Waals surface area contributed by atoms with Crippen molar-refractivity contribution in [2.45, 2.75) is 25.9 Å². The highest BCUT2D eigenvalue weighted by Crippen LogP contribution is 2.29. The number of alkyl halides is 3. The van der Waals surface area contributed by atoms with Crippen LogP contribution in [0.4, 0.5) is 13.2 Å². The summed E-state index contributed by atoms with van der Waals surface area (Å²) in [5.74, 6) is -1.12. The minimum Gasteiger partial charge on any atom is -0.267 e. The first-order valence-corrected chi connectivity index (χ1v) is 9.32. The van der Waals surface area contributed by atoms with Gasteiger partial charge in [-0.25, -0.2) is 9.67 Å². The van der Waals surface area contributed by atoms with Crippen LogP contribution in [0.5, 0.6) is 0 Å². The molecule has 2 N–H and O–H groups in total. The number of nitrogens with one attached hydrogen (secondary N) is 2. The van der Waals surface area contributed by atoms with Crippen molar-refractivity contribution in [1.82, 2.24) is 25.6 Å². The van der Waals surface area contributed by atoms with Gasteiger partial charge in [0.2, 0.25) is 0 Å². The molecule has 0 bridgehead atoms. The first-order chi connectivity index (χ1) is 13.7. The predicted octanol–water partition coefficient (Wildman–Crippen LogP) is 3.55. The Bertz CT molecular complexity index is 1010. The molecule has 0 radical (unpaired) electrons. The van der Waals surface area contributed by atoms with E-state index in [0.29, 0.717) is 16.8 Å². The van der Waals surface area contributed by atoms with Crippen molar-refractivity contribution in [3.63, 3.8) is 0 Å². The number of hydrogen-bond donors (Lipinski definition) is 2. The van der Waals surface area contributed by atoms with Gasteiger partial charge in [0.15, 0.2) is 5.82 Å². The van der Waals surface area contributed by atoms with E-state index in [-0.39, 0.29) is 17.3 Å². The maximum atomic E-state index is 12.7. The van der Waals surface area contributed by atoms with Crippen LogP contribution in [0.2, 0.25) is 0 Å². The summed E-state index contributed by atoms with van der Waals surface area (Å²) in [5.41, 5.74) is 4.38. The van der Waals surface area contributed by atoms with Crippen LogP contribution in [0.3, 0.4) is 0 Å². The molecule has 3 rings (SSSR count). The third kappa shape index (κ3) is 4.45. The molecule has 0 fully saturated rings. The highest BCUT2D eigenvalue weighted by molar-refractivity contribution is 7.12. The van der Waals surface area contributed by atoms with Gasteiger partial charge in [-0.2, -0.15) is 18.3 Å². The van der Waals surface area contributed by atoms with Crippen molar-refractivity contribution in [2.24, 2.45) is 0 Å². The summed E-state index contributed by atoms with van der Waals surface area (Å²) >= 11 is 1.22. The molecule has 3 aromatic rings. The first kappa shape index (κ1) is 20.5. The fourth-order valence-electron chi connectivity index (χ4n) is 2.60. The lowest BCUT2D eigenvalue weighted by molar-refractivity contribution is -0.137. The standard InChI is InChI=1S/C18H16F3N5O2S/c1-10(2)15-12(16(27)24-25-17(28)13-4-3-7-29-13)9-23-26(15)14-6-5-11(8-22-14)18(19,20)21/h3-10H,1-2H3,(H,24,27)(H,25,28). The van der Waals surface area contributed by atoms with E-state index >= 15 is 0 Å². The van der Waals surface area contributed by atoms with Gasteiger partial charge in [-0.3, -0.25) is 20.4 Å². The van der Waals surface area contributed by atoms with E-state index in [1.54, 1.807) is 31.4 Å². The predicted molar refractivity (Wildman–Crippen MR) is 99.7 cm³/mol. The van der Waals surface area contributed by atoms with Crippen LogP contribution in [0.1, 0.15) is 51.1 Å². The Labute approximate surface area is 167 Å². The molecule has 152 valence electrons. The monoisotopic (exact) mass is 423 g/mol. The van der Waals surface area contributed by atoms with E-state index in [1.807, 2.05) is 0 Å². The molecule has 0 aliphatic carbocycles. The quantitative estimate of drug-likeness (QED) is 0.628. The topological polar surface area (TPSA) is 88.9 Å². The Morgan fingerprint density at radius 1 is 1.10 bits per heavy atom. The fraction of sp³-hybridized carbons (Fsp3) is 0.222. The second-order valence-electron chi connectivity index (χ2n) is 6.30. The van der Waals surface area contributed by atoms with Crippen molar-refractivity contribution >= 4 is 23.2 Å². The van der Waals surface area contributed by atoms with Crippen LogP contribution in [0.15, 0.2) is 42.0 Å². The summed E-state index contributed by atoms with van der Waals surface area (Å²) in [6.45, 7) is 3.61.